The fraction of sp³-hybridized carbons (Fsp3) is 0.286. The van der Waals surface area contributed by atoms with Crippen molar-refractivity contribution in [2.45, 2.75) is 13.8 Å². The number of rotatable bonds is 0. The van der Waals surface area contributed by atoms with Crippen LogP contribution >= 0.6 is 0 Å². The summed E-state index contributed by atoms with van der Waals surface area (Å²) in [7, 11) is 0. The van der Waals surface area contributed by atoms with E-state index in [9.17, 15) is 0 Å². The molecule has 0 aromatic carbocycles. The van der Waals surface area contributed by atoms with Gasteiger partial charge in [0, 0.05) is 11.2 Å². The van der Waals surface area contributed by atoms with E-state index in [1.807, 2.05) is 24.3 Å². The van der Waals surface area contributed by atoms with E-state index in [1.54, 1.807) is 6.33 Å². The molecule has 0 saturated heterocycles. The lowest BCUT2D eigenvalue weighted by Gasteiger charge is -1.92. The Hall–Kier alpha value is -1.65. The van der Waals surface area contributed by atoms with E-state index in [4.69, 9.17) is 5.84 Å². The second-order valence-electron chi connectivity index (χ2n) is 2.78. The second kappa shape index (κ2) is 2.17. The Labute approximate surface area is 69.4 Å². The molecule has 0 bridgehead atoms. The van der Waals surface area contributed by atoms with Crippen molar-refractivity contribution >= 4 is 5.78 Å². The molecule has 0 saturated carbocycles. The van der Waals surface area contributed by atoms with Gasteiger partial charge in [-0.3, -0.25) is 5.84 Å². The number of aromatic nitrogens is 4. The topological polar surface area (TPSA) is 60.8 Å². The summed E-state index contributed by atoms with van der Waals surface area (Å²) in [5, 5.41) is 3.89. The highest BCUT2D eigenvalue weighted by atomic mass is 15.5. The van der Waals surface area contributed by atoms with Crippen LogP contribution in [0.25, 0.3) is 5.78 Å². The summed E-state index contributed by atoms with van der Waals surface area (Å²) < 4.78 is 1.84. The minimum absolute atomic E-state index is 0.660. The SMILES string of the molecule is Cc1cc(C)[n+]2cnn(N)c2n1. The van der Waals surface area contributed by atoms with Gasteiger partial charge in [-0.1, -0.05) is 0 Å². The van der Waals surface area contributed by atoms with E-state index in [1.165, 1.54) is 4.79 Å². The molecule has 0 atom stereocenters. The predicted molar refractivity (Wildman–Crippen MR) is 42.8 cm³/mol. The Morgan fingerprint density at radius 3 is 3.00 bits per heavy atom. The first-order valence-corrected chi connectivity index (χ1v) is 3.67. The smallest absolute Gasteiger partial charge is 0.273 e. The van der Waals surface area contributed by atoms with E-state index in [0.29, 0.717) is 5.78 Å². The van der Waals surface area contributed by atoms with Crippen LogP contribution in [0.5, 0.6) is 0 Å². The Bertz CT molecular complexity index is 431. The third-order valence-corrected chi connectivity index (χ3v) is 1.79. The Balaban J connectivity index is 2.92. The zero-order valence-corrected chi connectivity index (χ0v) is 7.02. The zero-order valence-electron chi connectivity index (χ0n) is 7.02. The van der Waals surface area contributed by atoms with Gasteiger partial charge in [-0.2, -0.15) is 4.40 Å². The molecular weight excluding hydrogens is 154 g/mol. The third-order valence-electron chi connectivity index (χ3n) is 1.79. The van der Waals surface area contributed by atoms with Crippen molar-refractivity contribution in [3.05, 3.63) is 23.8 Å². The summed E-state index contributed by atoms with van der Waals surface area (Å²) in [6.07, 6.45) is 1.65. The predicted octanol–water partition coefficient (Wildman–Crippen LogP) is -0.653. The summed E-state index contributed by atoms with van der Waals surface area (Å²) >= 11 is 0. The normalized spacial score (nSPS) is 10.8. The number of nitrogen functional groups attached to an aromatic ring is 1. The van der Waals surface area contributed by atoms with Crippen molar-refractivity contribution < 1.29 is 4.40 Å². The summed E-state index contributed by atoms with van der Waals surface area (Å²) in [5.74, 6) is 6.20. The minimum atomic E-state index is 0.660. The van der Waals surface area contributed by atoms with Crippen LogP contribution < -0.4 is 10.2 Å². The van der Waals surface area contributed by atoms with E-state index < -0.39 is 0 Å². The summed E-state index contributed by atoms with van der Waals surface area (Å²) in [6, 6.07) is 1.98. The molecule has 62 valence electrons. The Kier molecular flexibility index (Phi) is 1.27. The number of nitrogens with zero attached hydrogens (tertiary/aromatic N) is 4. The highest BCUT2D eigenvalue weighted by Gasteiger charge is 2.11. The van der Waals surface area contributed by atoms with Crippen LogP contribution in [-0.4, -0.2) is 14.9 Å². The molecule has 0 radical (unpaired) electrons. The first-order chi connectivity index (χ1) is 5.68. The molecule has 2 aromatic heterocycles. The van der Waals surface area contributed by atoms with Crippen LogP contribution in [0.3, 0.4) is 0 Å². The van der Waals surface area contributed by atoms with E-state index >= 15 is 0 Å². The molecular formula is C7H10N5+. The Morgan fingerprint density at radius 2 is 2.25 bits per heavy atom. The van der Waals surface area contributed by atoms with Crippen molar-refractivity contribution in [1.29, 1.82) is 0 Å². The van der Waals surface area contributed by atoms with Gasteiger partial charge >= 0.3 is 5.78 Å². The van der Waals surface area contributed by atoms with Crippen LogP contribution in [0.1, 0.15) is 11.4 Å². The monoisotopic (exact) mass is 164 g/mol. The molecule has 2 heterocycles. The molecule has 0 aliphatic rings. The van der Waals surface area contributed by atoms with Crippen LogP contribution in [-0.2, 0) is 0 Å². The van der Waals surface area contributed by atoms with Gasteiger partial charge in [0.15, 0.2) is 0 Å². The first kappa shape index (κ1) is 7.02. The molecule has 2 aromatic rings. The number of hydrogen-bond acceptors (Lipinski definition) is 3. The van der Waals surface area contributed by atoms with Gasteiger partial charge in [0.2, 0.25) is 6.33 Å². The minimum Gasteiger partial charge on any atom is -0.273 e. The molecule has 5 nitrogen and oxygen atoms in total. The van der Waals surface area contributed by atoms with Crippen molar-refractivity contribution in [2.75, 3.05) is 5.84 Å². The summed E-state index contributed by atoms with van der Waals surface area (Å²) in [4.78, 5) is 5.50. The maximum atomic E-state index is 5.54. The first-order valence-electron chi connectivity index (χ1n) is 3.67. The summed E-state index contributed by atoms with van der Waals surface area (Å²) in [5.41, 5.74) is 2.02. The fourth-order valence-electron chi connectivity index (χ4n) is 1.24. The van der Waals surface area contributed by atoms with E-state index in [-0.39, 0.29) is 0 Å². The van der Waals surface area contributed by atoms with E-state index in [0.717, 1.165) is 11.4 Å². The molecule has 0 unspecified atom stereocenters. The molecule has 0 aliphatic heterocycles. The van der Waals surface area contributed by atoms with Crippen molar-refractivity contribution in [1.82, 2.24) is 14.9 Å². The lowest BCUT2D eigenvalue weighted by Crippen LogP contribution is -2.27. The van der Waals surface area contributed by atoms with Gasteiger partial charge in [-0.25, -0.2) is 0 Å². The maximum Gasteiger partial charge on any atom is 0.409 e. The van der Waals surface area contributed by atoms with Gasteiger partial charge in [-0.15, -0.1) is 4.98 Å². The molecule has 5 heteroatoms. The highest BCUT2D eigenvalue weighted by Crippen LogP contribution is 1.96. The molecule has 12 heavy (non-hydrogen) atoms. The average Bonchev–Trinajstić information content (AvgIpc) is 2.33. The lowest BCUT2D eigenvalue weighted by atomic mass is 10.3. The maximum absolute atomic E-state index is 5.54. The second-order valence-corrected chi connectivity index (χ2v) is 2.78. The molecule has 0 amide bonds. The molecule has 0 spiro atoms. The van der Waals surface area contributed by atoms with Crippen LogP contribution in [0.4, 0.5) is 0 Å². The highest BCUT2D eigenvalue weighted by molar-refractivity contribution is 5.19. The van der Waals surface area contributed by atoms with E-state index in [2.05, 4.69) is 10.1 Å². The van der Waals surface area contributed by atoms with Gasteiger partial charge in [-0.05, 0) is 18.6 Å². The lowest BCUT2D eigenvalue weighted by molar-refractivity contribution is -0.523. The number of fused-ring (bicyclic) bond motifs is 1. The molecule has 2 rings (SSSR count). The largest absolute Gasteiger partial charge is 0.409 e. The fourth-order valence-corrected chi connectivity index (χ4v) is 1.24. The van der Waals surface area contributed by atoms with Gasteiger partial charge < -0.3 is 0 Å². The molecule has 0 fully saturated rings. The van der Waals surface area contributed by atoms with Crippen molar-refractivity contribution in [2.24, 2.45) is 0 Å². The molecule has 0 aliphatic carbocycles. The molecule has 2 N–H and O–H groups in total. The van der Waals surface area contributed by atoms with Crippen molar-refractivity contribution in [3.63, 3.8) is 0 Å². The number of aryl methyl sites for hydroxylation is 2. The third kappa shape index (κ3) is 0.827. The van der Waals surface area contributed by atoms with Gasteiger partial charge in [0.05, 0.1) is 5.69 Å². The average molecular weight is 164 g/mol. The number of hydrogen-bond donors (Lipinski definition) is 1. The number of nitrogens with two attached hydrogens (primary N) is 1. The summed E-state index contributed by atoms with van der Waals surface area (Å²) in [6.45, 7) is 3.92. The van der Waals surface area contributed by atoms with Crippen molar-refractivity contribution in [3.8, 4) is 0 Å². The quantitative estimate of drug-likeness (QED) is 0.415. The van der Waals surface area contributed by atoms with Crippen LogP contribution in [0, 0.1) is 13.8 Å². The Morgan fingerprint density at radius 1 is 1.50 bits per heavy atom. The van der Waals surface area contributed by atoms with Gasteiger partial charge in [0.25, 0.3) is 0 Å². The van der Waals surface area contributed by atoms with Crippen LogP contribution in [0.15, 0.2) is 12.4 Å². The zero-order chi connectivity index (χ0) is 8.72. The van der Waals surface area contributed by atoms with Gasteiger partial charge in [0.1, 0.15) is 5.69 Å². The van der Waals surface area contributed by atoms with Crippen LogP contribution in [0.2, 0.25) is 0 Å². The standard InChI is InChI=1S/C7H10N5/c1-5-3-6(2)11-4-9-12(8)7(11)10-5/h3-4H,8H2,1-2H3/q+1.